The molecule has 2 rings (SSSR count). The van der Waals surface area contributed by atoms with Gasteiger partial charge in [0.15, 0.2) is 5.72 Å². The van der Waals surface area contributed by atoms with Gasteiger partial charge in [0, 0.05) is 18.2 Å². The Balaban J connectivity index is 2.57. The molecule has 0 aliphatic carbocycles. The fraction of sp³-hybridized carbons (Fsp3) is 0.385. The highest BCUT2D eigenvalue weighted by Crippen LogP contribution is 2.38. The lowest BCUT2D eigenvalue weighted by atomic mass is 9.97. The lowest BCUT2D eigenvalue weighted by Crippen LogP contribution is -2.40. The van der Waals surface area contributed by atoms with Crippen LogP contribution in [-0.4, -0.2) is 36.0 Å². The Labute approximate surface area is 105 Å². The van der Waals surface area contributed by atoms with Crippen LogP contribution in [0.25, 0.3) is 0 Å². The first-order valence-electron chi connectivity index (χ1n) is 5.69. The van der Waals surface area contributed by atoms with Gasteiger partial charge in [-0.05, 0) is 18.6 Å². The molecule has 1 atom stereocenters. The molecule has 0 saturated carbocycles. The lowest BCUT2D eigenvalue weighted by Gasteiger charge is -2.30. The molecule has 1 aliphatic heterocycles. The molecule has 0 bridgehead atoms. The van der Waals surface area contributed by atoms with Crippen LogP contribution >= 0.6 is 0 Å². The topological polar surface area (TPSA) is 66.8 Å². The molecule has 0 aromatic heterocycles. The summed E-state index contributed by atoms with van der Waals surface area (Å²) in [7, 11) is 2.83. The van der Waals surface area contributed by atoms with E-state index >= 15 is 0 Å². The molecule has 0 fully saturated rings. The number of aliphatic hydroxyl groups is 1. The minimum atomic E-state index is -1.29. The summed E-state index contributed by atoms with van der Waals surface area (Å²) in [6.45, 7) is 1.80. The summed E-state index contributed by atoms with van der Waals surface area (Å²) in [6.07, 6.45) is 0.389. The van der Waals surface area contributed by atoms with E-state index < -0.39 is 11.7 Å². The fourth-order valence-electron chi connectivity index (χ4n) is 2.27. The molecule has 96 valence electrons. The van der Waals surface area contributed by atoms with Crippen molar-refractivity contribution >= 4 is 11.9 Å². The predicted molar refractivity (Wildman–Crippen MR) is 64.1 cm³/mol. The highest BCUT2D eigenvalue weighted by molar-refractivity contribution is 6.02. The van der Waals surface area contributed by atoms with Gasteiger partial charge in [0.25, 0.3) is 5.91 Å². The van der Waals surface area contributed by atoms with Crippen LogP contribution in [0.15, 0.2) is 18.2 Å². The third kappa shape index (κ3) is 1.51. The molecule has 5 heteroatoms. The third-order valence-corrected chi connectivity index (χ3v) is 3.45. The number of benzene rings is 1. The molecule has 0 radical (unpaired) electrons. The van der Waals surface area contributed by atoms with E-state index in [1.54, 1.807) is 26.1 Å². The molecule has 0 saturated heterocycles. The molecule has 1 aromatic rings. The number of hydrogen-bond donors (Lipinski definition) is 1. The second-order valence-electron chi connectivity index (χ2n) is 4.29. The van der Waals surface area contributed by atoms with Crippen LogP contribution in [0.4, 0.5) is 0 Å². The predicted octanol–water partition coefficient (Wildman–Crippen LogP) is 1.11. The summed E-state index contributed by atoms with van der Waals surface area (Å²) in [5, 5.41) is 10.5. The van der Waals surface area contributed by atoms with Gasteiger partial charge >= 0.3 is 5.97 Å². The number of methoxy groups -OCH3 is 1. The van der Waals surface area contributed by atoms with Crippen LogP contribution in [0.3, 0.4) is 0 Å². The van der Waals surface area contributed by atoms with E-state index in [-0.39, 0.29) is 5.91 Å². The van der Waals surface area contributed by atoms with Crippen molar-refractivity contribution in [3.63, 3.8) is 0 Å². The monoisotopic (exact) mass is 249 g/mol. The number of fused-ring (bicyclic) bond motifs is 1. The number of carbonyl (C=O) groups is 2. The van der Waals surface area contributed by atoms with Crippen LogP contribution in [0.1, 0.15) is 39.6 Å². The van der Waals surface area contributed by atoms with Gasteiger partial charge in [-0.3, -0.25) is 4.79 Å². The zero-order valence-electron chi connectivity index (χ0n) is 10.6. The summed E-state index contributed by atoms with van der Waals surface area (Å²) < 4.78 is 4.61. The second kappa shape index (κ2) is 4.10. The van der Waals surface area contributed by atoms with Gasteiger partial charge in [-0.25, -0.2) is 4.79 Å². The summed E-state index contributed by atoms with van der Waals surface area (Å²) in [4.78, 5) is 24.8. The van der Waals surface area contributed by atoms with Crippen LogP contribution in [0, 0.1) is 0 Å². The van der Waals surface area contributed by atoms with E-state index in [0.717, 1.165) is 0 Å². The van der Waals surface area contributed by atoms with Gasteiger partial charge in [0.2, 0.25) is 0 Å². The molecular weight excluding hydrogens is 234 g/mol. The smallest absolute Gasteiger partial charge is 0.337 e. The van der Waals surface area contributed by atoms with Crippen molar-refractivity contribution in [2.75, 3.05) is 14.2 Å². The van der Waals surface area contributed by atoms with Gasteiger partial charge in [-0.15, -0.1) is 0 Å². The zero-order valence-corrected chi connectivity index (χ0v) is 10.6. The van der Waals surface area contributed by atoms with E-state index in [0.29, 0.717) is 23.1 Å². The molecular formula is C13H15NO4. The van der Waals surface area contributed by atoms with E-state index in [1.807, 2.05) is 0 Å². The molecule has 1 aromatic carbocycles. The molecule has 0 spiro atoms. The maximum Gasteiger partial charge on any atom is 0.337 e. The van der Waals surface area contributed by atoms with Crippen molar-refractivity contribution in [3.8, 4) is 0 Å². The lowest BCUT2D eigenvalue weighted by molar-refractivity contribution is -0.0748. The number of esters is 1. The quantitative estimate of drug-likeness (QED) is 0.797. The molecule has 1 unspecified atom stereocenters. The van der Waals surface area contributed by atoms with Crippen LogP contribution in [-0.2, 0) is 10.5 Å². The second-order valence-corrected chi connectivity index (χ2v) is 4.29. The number of rotatable bonds is 2. The van der Waals surface area contributed by atoms with Crippen molar-refractivity contribution in [1.82, 2.24) is 4.90 Å². The van der Waals surface area contributed by atoms with Crippen LogP contribution < -0.4 is 0 Å². The first-order chi connectivity index (χ1) is 8.45. The number of nitrogens with zero attached hydrogens (tertiary/aromatic N) is 1. The Hall–Kier alpha value is -1.88. The number of ether oxygens (including phenoxy) is 1. The Bertz CT molecular complexity index is 526. The first-order valence-corrected chi connectivity index (χ1v) is 5.69. The first kappa shape index (κ1) is 12.6. The van der Waals surface area contributed by atoms with Gasteiger partial charge in [0.1, 0.15) is 0 Å². The van der Waals surface area contributed by atoms with E-state index in [4.69, 9.17) is 0 Å². The van der Waals surface area contributed by atoms with Gasteiger partial charge in [-0.2, -0.15) is 0 Å². The van der Waals surface area contributed by atoms with E-state index in [2.05, 4.69) is 4.74 Å². The minimum Gasteiger partial charge on any atom is -0.465 e. The van der Waals surface area contributed by atoms with Gasteiger partial charge in [-0.1, -0.05) is 13.0 Å². The van der Waals surface area contributed by atoms with Crippen molar-refractivity contribution in [2.45, 2.75) is 19.1 Å². The zero-order chi connectivity index (χ0) is 13.5. The van der Waals surface area contributed by atoms with Crippen molar-refractivity contribution in [1.29, 1.82) is 0 Å². The standard InChI is InChI=1S/C13H15NO4/c1-4-13(17)10-6-5-8(12(16)18-3)7-9(10)11(15)14(13)2/h5-7,17H,4H2,1-3H3. The van der Waals surface area contributed by atoms with Crippen molar-refractivity contribution < 1.29 is 19.4 Å². The fourth-order valence-corrected chi connectivity index (χ4v) is 2.27. The van der Waals surface area contributed by atoms with Crippen LogP contribution in [0.2, 0.25) is 0 Å². The van der Waals surface area contributed by atoms with Crippen molar-refractivity contribution in [3.05, 3.63) is 34.9 Å². The SMILES string of the molecule is CCC1(O)c2ccc(C(=O)OC)cc2C(=O)N1C. The Morgan fingerprint density at radius 2 is 2.17 bits per heavy atom. The molecule has 1 amide bonds. The molecule has 5 nitrogen and oxygen atoms in total. The minimum absolute atomic E-state index is 0.292. The van der Waals surface area contributed by atoms with Crippen molar-refractivity contribution in [2.24, 2.45) is 0 Å². The largest absolute Gasteiger partial charge is 0.465 e. The molecule has 18 heavy (non-hydrogen) atoms. The number of hydrogen-bond acceptors (Lipinski definition) is 4. The summed E-state index contributed by atoms with van der Waals surface area (Å²) >= 11 is 0. The van der Waals surface area contributed by atoms with Gasteiger partial charge < -0.3 is 14.7 Å². The summed E-state index contributed by atoms with van der Waals surface area (Å²) in [5.74, 6) is -0.791. The van der Waals surface area contributed by atoms with E-state index in [1.165, 1.54) is 18.1 Å². The third-order valence-electron chi connectivity index (χ3n) is 3.45. The highest BCUT2D eigenvalue weighted by atomic mass is 16.5. The normalized spacial score (nSPS) is 22.0. The maximum absolute atomic E-state index is 12.0. The van der Waals surface area contributed by atoms with Gasteiger partial charge in [0.05, 0.1) is 12.7 Å². The number of amides is 1. The molecule has 1 heterocycles. The Morgan fingerprint density at radius 3 is 2.72 bits per heavy atom. The average molecular weight is 249 g/mol. The average Bonchev–Trinajstić information content (AvgIpc) is 2.60. The summed E-state index contributed by atoms with van der Waals surface area (Å²) in [5.41, 5.74) is -0.102. The molecule has 1 aliphatic rings. The Kier molecular flexibility index (Phi) is 2.86. The van der Waals surface area contributed by atoms with E-state index in [9.17, 15) is 14.7 Å². The summed E-state index contributed by atoms with van der Waals surface area (Å²) in [6, 6.07) is 4.62. The number of carbonyl (C=O) groups excluding carboxylic acids is 2. The molecule has 1 N–H and O–H groups in total. The van der Waals surface area contributed by atoms with Crippen LogP contribution in [0.5, 0.6) is 0 Å². The highest BCUT2D eigenvalue weighted by Gasteiger charge is 2.45. The maximum atomic E-state index is 12.0. The Morgan fingerprint density at radius 1 is 1.50 bits per heavy atom.